The van der Waals surface area contributed by atoms with Gasteiger partial charge >= 0.3 is 0 Å². The summed E-state index contributed by atoms with van der Waals surface area (Å²) in [7, 11) is 3.77. The molecule has 0 bridgehead atoms. The predicted octanol–water partition coefficient (Wildman–Crippen LogP) is 3.76. The van der Waals surface area contributed by atoms with Gasteiger partial charge in [0.2, 0.25) is 0 Å². The van der Waals surface area contributed by atoms with Gasteiger partial charge in [-0.05, 0) is 30.5 Å². The largest absolute Gasteiger partial charge is 0.359 e. The third kappa shape index (κ3) is 6.04. The smallest absolute Gasteiger partial charge is 0.261 e. The molecule has 6 nitrogen and oxygen atoms in total. The molecule has 1 aliphatic heterocycles. The molecule has 1 amide bonds. The summed E-state index contributed by atoms with van der Waals surface area (Å²) < 4.78 is 10.8. The monoisotopic (exact) mass is 431 g/mol. The number of carbonyl (C=O) groups excluding carboxylic acids is 1. The molecule has 2 aromatic rings. The number of amides is 1. The Kier molecular flexibility index (Phi) is 8.69. The molecule has 1 saturated heterocycles. The van der Waals surface area contributed by atoms with Gasteiger partial charge in [0, 0.05) is 40.3 Å². The Hall–Kier alpha value is -1.93. The molecule has 1 N–H and O–H groups in total. The fraction of sp³-hybridized carbons (Fsp3) is 0.522. The summed E-state index contributed by atoms with van der Waals surface area (Å²) >= 11 is 1.55. The number of nitrogens with zero attached hydrogens (tertiary/aromatic N) is 2. The first-order chi connectivity index (χ1) is 14.6. The van der Waals surface area contributed by atoms with Gasteiger partial charge in [-0.1, -0.05) is 37.3 Å². The maximum atomic E-state index is 12.3. The summed E-state index contributed by atoms with van der Waals surface area (Å²) in [6.45, 7) is 5.94. The van der Waals surface area contributed by atoms with Crippen molar-refractivity contribution in [2.24, 2.45) is 0 Å². The fourth-order valence-corrected chi connectivity index (χ4v) is 4.69. The first-order valence-electron chi connectivity index (χ1n) is 10.6. The molecule has 1 aliphatic rings. The van der Waals surface area contributed by atoms with Crippen molar-refractivity contribution in [2.75, 3.05) is 52.0 Å². The highest BCUT2D eigenvalue weighted by Crippen LogP contribution is 2.33. The van der Waals surface area contributed by atoms with E-state index in [9.17, 15) is 4.79 Å². The van der Waals surface area contributed by atoms with E-state index in [0.717, 1.165) is 42.4 Å². The third-order valence-corrected chi connectivity index (χ3v) is 6.61. The summed E-state index contributed by atoms with van der Waals surface area (Å²) in [5.74, 6) is 0.00966. The molecule has 0 unspecified atom stereocenters. The quantitative estimate of drug-likeness (QED) is 0.549. The van der Waals surface area contributed by atoms with Crippen molar-refractivity contribution >= 4 is 22.2 Å². The molecule has 1 aromatic heterocycles. The highest BCUT2D eigenvalue weighted by molar-refractivity contribution is 7.18. The molecular weight excluding hydrogens is 398 g/mol. The summed E-state index contributed by atoms with van der Waals surface area (Å²) in [5.41, 5.74) is 1.27. The van der Waals surface area contributed by atoms with E-state index < -0.39 is 0 Å². The Morgan fingerprint density at radius 3 is 2.83 bits per heavy atom. The number of carbonyl (C=O) groups is 1. The molecule has 7 heteroatoms. The van der Waals surface area contributed by atoms with E-state index in [4.69, 9.17) is 9.47 Å². The third-order valence-electron chi connectivity index (χ3n) is 5.43. The van der Waals surface area contributed by atoms with E-state index in [-0.39, 0.29) is 18.1 Å². The molecular formula is C23H33N3O3S. The number of hydrogen-bond donors (Lipinski definition) is 1. The van der Waals surface area contributed by atoms with Gasteiger partial charge < -0.3 is 19.7 Å². The second-order valence-corrected chi connectivity index (χ2v) is 8.74. The summed E-state index contributed by atoms with van der Waals surface area (Å²) in [5, 5.41) is 4.06. The van der Waals surface area contributed by atoms with Crippen molar-refractivity contribution in [1.82, 2.24) is 10.2 Å². The van der Waals surface area contributed by atoms with E-state index in [1.165, 1.54) is 5.56 Å². The van der Waals surface area contributed by atoms with Crippen LogP contribution < -0.4 is 10.2 Å². The van der Waals surface area contributed by atoms with E-state index in [1.807, 2.05) is 12.1 Å². The highest BCUT2D eigenvalue weighted by atomic mass is 32.1. The second-order valence-electron chi connectivity index (χ2n) is 7.67. The maximum absolute atomic E-state index is 12.3. The van der Waals surface area contributed by atoms with Crippen molar-refractivity contribution < 1.29 is 14.3 Å². The lowest BCUT2D eigenvalue weighted by Gasteiger charge is -2.32. The molecule has 1 aromatic carbocycles. The first-order valence-corrected chi connectivity index (χ1v) is 11.4. The van der Waals surface area contributed by atoms with Crippen LogP contribution in [-0.2, 0) is 9.47 Å². The maximum Gasteiger partial charge on any atom is 0.261 e. The van der Waals surface area contributed by atoms with Gasteiger partial charge in [0.05, 0.1) is 22.0 Å². The Bertz CT molecular complexity index is 783. The zero-order valence-corrected chi connectivity index (χ0v) is 19.0. The Labute approximate surface area is 183 Å². The van der Waals surface area contributed by atoms with Crippen molar-refractivity contribution in [3.8, 4) is 0 Å². The number of thiophene rings is 1. The Balaban J connectivity index is 1.71. The zero-order valence-electron chi connectivity index (χ0n) is 18.2. The number of nitrogens with one attached hydrogen (secondary N) is 1. The van der Waals surface area contributed by atoms with Crippen LogP contribution in [0.2, 0.25) is 0 Å². The van der Waals surface area contributed by atoms with Crippen LogP contribution in [0.1, 0.15) is 41.0 Å². The van der Waals surface area contributed by atoms with Crippen LogP contribution in [0.4, 0.5) is 5.00 Å². The van der Waals surface area contributed by atoms with E-state index in [0.29, 0.717) is 13.3 Å². The second kappa shape index (κ2) is 11.5. The molecule has 0 radical (unpaired) electrons. The summed E-state index contributed by atoms with van der Waals surface area (Å²) in [4.78, 5) is 17.8. The predicted molar refractivity (Wildman–Crippen MR) is 122 cm³/mol. The molecule has 2 heterocycles. The van der Waals surface area contributed by atoms with Crippen LogP contribution >= 0.6 is 11.3 Å². The average molecular weight is 432 g/mol. The van der Waals surface area contributed by atoms with Crippen LogP contribution in [0.5, 0.6) is 0 Å². The van der Waals surface area contributed by atoms with E-state index in [1.54, 1.807) is 18.4 Å². The lowest BCUT2D eigenvalue weighted by Crippen LogP contribution is -2.35. The van der Waals surface area contributed by atoms with Crippen LogP contribution in [0.3, 0.4) is 0 Å². The Morgan fingerprint density at radius 2 is 2.10 bits per heavy atom. The number of rotatable bonds is 11. The van der Waals surface area contributed by atoms with Crippen LogP contribution in [-0.4, -0.2) is 64.0 Å². The molecule has 0 aliphatic carbocycles. The van der Waals surface area contributed by atoms with Crippen molar-refractivity contribution in [3.05, 3.63) is 52.9 Å². The topological polar surface area (TPSA) is 54.0 Å². The van der Waals surface area contributed by atoms with Gasteiger partial charge in [0.25, 0.3) is 5.91 Å². The Morgan fingerprint density at radius 1 is 1.30 bits per heavy atom. The molecule has 0 spiro atoms. The average Bonchev–Trinajstić information content (AvgIpc) is 3.44. The lowest BCUT2D eigenvalue weighted by molar-refractivity contribution is -0.0671. The molecule has 30 heavy (non-hydrogen) atoms. The number of benzene rings is 1. The number of likely N-dealkylation sites (tertiary alicyclic amines) is 1. The number of methoxy groups -OCH3 is 1. The van der Waals surface area contributed by atoms with Crippen LogP contribution in [0.25, 0.3) is 0 Å². The normalized spacial score (nSPS) is 17.8. The number of likely N-dealkylation sites (N-methyl/N-ethyl adjacent to an activating group) is 1. The number of anilines is 1. The van der Waals surface area contributed by atoms with Gasteiger partial charge in [-0.2, -0.15) is 0 Å². The summed E-state index contributed by atoms with van der Waals surface area (Å²) in [6.07, 6.45) is 2.18. The van der Waals surface area contributed by atoms with Gasteiger partial charge in [-0.3, -0.25) is 9.69 Å². The van der Waals surface area contributed by atoms with Crippen molar-refractivity contribution in [3.63, 3.8) is 0 Å². The van der Waals surface area contributed by atoms with Crippen molar-refractivity contribution in [1.29, 1.82) is 0 Å². The standard InChI is InChI=1S/C23H33N3O3S/c1-4-13-24-23(27)21-10-11-22(30-21)25(2)20(18-8-6-5-7-9-18)16-26-14-12-19(15-26)29-17-28-3/h5-11,19-20H,4,12-17H2,1-3H3,(H,24,27)/t19-,20+/m0/s1. The number of ether oxygens (including phenoxy) is 2. The molecule has 3 rings (SSSR count). The lowest BCUT2D eigenvalue weighted by atomic mass is 10.1. The highest BCUT2D eigenvalue weighted by Gasteiger charge is 2.28. The minimum atomic E-state index is 0.00966. The summed E-state index contributed by atoms with van der Waals surface area (Å²) in [6, 6.07) is 14.7. The van der Waals surface area contributed by atoms with Crippen molar-refractivity contribution in [2.45, 2.75) is 31.9 Å². The minimum absolute atomic E-state index is 0.00966. The van der Waals surface area contributed by atoms with Crippen LogP contribution in [0, 0.1) is 0 Å². The van der Waals surface area contributed by atoms with Gasteiger partial charge in [-0.15, -0.1) is 11.3 Å². The molecule has 164 valence electrons. The molecule has 1 fully saturated rings. The minimum Gasteiger partial charge on any atom is -0.359 e. The van der Waals surface area contributed by atoms with Crippen LogP contribution in [0.15, 0.2) is 42.5 Å². The van der Waals surface area contributed by atoms with E-state index >= 15 is 0 Å². The first kappa shape index (κ1) is 22.7. The SMILES string of the molecule is CCCNC(=O)c1ccc(N(C)[C@H](CN2CC[C@H](OCOC)C2)c2ccccc2)s1. The van der Waals surface area contributed by atoms with Gasteiger partial charge in [-0.25, -0.2) is 0 Å². The molecule has 2 atom stereocenters. The fourth-order valence-electron chi connectivity index (χ4n) is 3.75. The van der Waals surface area contributed by atoms with Gasteiger partial charge in [0.1, 0.15) is 6.79 Å². The van der Waals surface area contributed by atoms with E-state index in [2.05, 4.69) is 59.4 Å². The zero-order chi connectivity index (χ0) is 21.3. The molecule has 0 saturated carbocycles. The van der Waals surface area contributed by atoms with Gasteiger partial charge in [0.15, 0.2) is 0 Å². The number of hydrogen-bond acceptors (Lipinski definition) is 6.